The second-order valence-electron chi connectivity index (χ2n) is 7.32. The molecule has 0 aliphatic heterocycles. The van der Waals surface area contributed by atoms with Gasteiger partial charge in [-0.25, -0.2) is 0 Å². The van der Waals surface area contributed by atoms with Crippen molar-refractivity contribution in [3.8, 4) is 5.75 Å². The Balaban J connectivity index is 0.000000367. The molecular weight excluding hydrogens is 841 g/mol. The van der Waals surface area contributed by atoms with Crippen molar-refractivity contribution in [3.05, 3.63) is 17.2 Å². The fraction of sp³-hybridized carbons (Fsp3) is 0.538. The third-order valence-electron chi connectivity index (χ3n) is 4.13. The second kappa shape index (κ2) is 20.8. The van der Waals surface area contributed by atoms with Gasteiger partial charge in [-0.05, 0) is 28.9 Å². The minimum absolute atomic E-state index is 0.0398. The van der Waals surface area contributed by atoms with Crippen molar-refractivity contribution in [2.45, 2.75) is 44.9 Å². The van der Waals surface area contributed by atoms with Crippen LogP contribution in [0.1, 0.15) is 45.2 Å². The minimum atomic E-state index is -0.0509. The molecule has 208 valence electrons. The van der Waals surface area contributed by atoms with E-state index in [-0.39, 0.29) is 16.6 Å². The summed E-state index contributed by atoms with van der Waals surface area (Å²) in [6.45, 7) is 8.62. The molecule has 1 aromatic carbocycles. The number of nitrogen functional groups attached to an aromatic ring is 2. The maximum Gasteiger partial charge on any atom is 0.144 e. The molecule has 0 unspecified atom stereocenters. The fourth-order valence-electron chi connectivity index (χ4n) is 3.39. The number of nitrogens with two attached hydrogens (primary N) is 2. The first kappa shape index (κ1) is 37.0. The Morgan fingerprint density at radius 1 is 0.639 bits per heavy atom. The molecule has 0 spiro atoms. The van der Waals surface area contributed by atoms with Gasteiger partial charge < -0.3 is 16.6 Å². The minimum Gasteiger partial charge on any atom is -0.505 e. The highest BCUT2D eigenvalue weighted by molar-refractivity contribution is 8.78. The molecule has 0 aromatic heterocycles. The highest BCUT2D eigenvalue weighted by Gasteiger charge is 2.44. The number of hydrogen-bond donors (Lipinski definition) is 3. The third kappa shape index (κ3) is 14.3. The number of aromatic hydroxyl groups is 1. The lowest BCUT2D eigenvalue weighted by Crippen LogP contribution is -2.18. The fourth-order valence-corrected chi connectivity index (χ4v) is 47.3. The van der Waals surface area contributed by atoms with Crippen molar-refractivity contribution < 1.29 is 5.11 Å². The van der Waals surface area contributed by atoms with E-state index in [4.69, 9.17) is 33.8 Å². The monoisotopic (exact) mass is 860 g/mol. The van der Waals surface area contributed by atoms with Crippen LogP contribution in [0.3, 0.4) is 0 Å². The molecule has 5 N–H and O–H groups in total. The van der Waals surface area contributed by atoms with Gasteiger partial charge in [0.15, 0.2) is 0 Å². The molecule has 1 aliphatic carbocycles. The summed E-state index contributed by atoms with van der Waals surface area (Å²) in [6, 6.07) is 1.92. The lowest BCUT2D eigenvalue weighted by molar-refractivity contribution is 0.392. The summed E-state index contributed by atoms with van der Waals surface area (Å²) in [6.07, 6.45) is 0.992. The first-order valence-electron chi connectivity index (χ1n) is 8.75. The van der Waals surface area contributed by atoms with Crippen LogP contribution in [0.5, 0.6) is 5.75 Å². The molecule has 0 saturated heterocycles. The van der Waals surface area contributed by atoms with Gasteiger partial charge >= 0.3 is 0 Å². The number of rotatable bonds is 0. The van der Waals surface area contributed by atoms with E-state index >= 15 is 0 Å². The maximum atomic E-state index is 10.2. The summed E-state index contributed by atoms with van der Waals surface area (Å²) in [4.78, 5) is 0. The molecule has 0 radical (unpaired) electrons. The third-order valence-corrected chi connectivity index (χ3v) is 41.9. The average Bonchev–Trinajstić information content (AvgIpc) is 3.00. The van der Waals surface area contributed by atoms with Gasteiger partial charge in [-0.1, -0.05) is 27.7 Å². The summed E-state index contributed by atoms with van der Waals surface area (Å²) in [7, 11) is 30.8. The van der Waals surface area contributed by atoms with Crippen molar-refractivity contribution in [1.82, 2.24) is 0 Å². The van der Waals surface area contributed by atoms with Crippen molar-refractivity contribution in [3.63, 3.8) is 0 Å². The maximum absolute atomic E-state index is 10.2. The molecule has 36 heavy (non-hydrogen) atoms. The summed E-state index contributed by atoms with van der Waals surface area (Å²) in [5.74, 6) is 0.172. The lowest BCUT2D eigenvalue weighted by atomic mass is 9.82. The van der Waals surface area contributed by atoms with Gasteiger partial charge in [0.1, 0.15) is 5.75 Å². The van der Waals surface area contributed by atoms with Crippen molar-refractivity contribution >= 4 is 194 Å². The molecular formula is C13H20N2OS20. The molecule has 1 aliphatic rings. The number of phenolic OH excluding ortho intramolecular Hbond substituents is 1. The first-order valence-corrected chi connectivity index (χ1v) is 34.1. The van der Waals surface area contributed by atoms with E-state index in [1.54, 1.807) is 142 Å². The molecule has 0 fully saturated rings. The van der Waals surface area contributed by atoms with E-state index in [0.29, 0.717) is 11.4 Å². The Morgan fingerprint density at radius 2 is 0.972 bits per heavy atom. The van der Waals surface area contributed by atoms with Crippen LogP contribution in [-0.2, 0) is 193 Å². The van der Waals surface area contributed by atoms with Crippen LogP contribution in [0.4, 0.5) is 11.4 Å². The van der Waals surface area contributed by atoms with E-state index in [9.17, 15) is 5.11 Å². The topological polar surface area (TPSA) is 72.3 Å². The van der Waals surface area contributed by atoms with Crippen molar-refractivity contribution in [1.29, 1.82) is 0 Å². The Bertz CT molecular complexity index is 1690. The van der Waals surface area contributed by atoms with Gasteiger partial charge in [-0.3, -0.25) is 0 Å². The van der Waals surface area contributed by atoms with Gasteiger partial charge in [0.25, 0.3) is 0 Å². The molecule has 0 saturated carbocycles. The van der Waals surface area contributed by atoms with E-state index < -0.39 is 0 Å². The SMILES string of the molecule is CC1(C)CC(C)(C)c2c1cc(N)c(N)c2O.S=S=S=S=S=S=S=S=S=S=S=S=S=S=S=S=S=S=S=S. The van der Waals surface area contributed by atoms with Crippen LogP contribution < -0.4 is 11.5 Å². The van der Waals surface area contributed by atoms with Gasteiger partial charge in [0.2, 0.25) is 0 Å². The molecule has 0 atom stereocenters. The van der Waals surface area contributed by atoms with E-state index in [2.05, 4.69) is 27.7 Å². The number of hydrogen-bond acceptors (Lipinski definition) is 5. The molecule has 23 heteroatoms. The quantitative estimate of drug-likeness (QED) is 0.277. The van der Waals surface area contributed by atoms with E-state index in [0.717, 1.165) is 17.5 Å². The summed E-state index contributed by atoms with van der Waals surface area (Å²) >= 11 is 9.51. The van der Waals surface area contributed by atoms with Crippen molar-refractivity contribution in [2.75, 3.05) is 11.5 Å². The molecule has 0 bridgehead atoms. The van der Waals surface area contributed by atoms with E-state index in [1.165, 1.54) is 17.8 Å². The Hall–Kier alpha value is 3.02. The second-order valence-corrected chi connectivity index (χ2v) is 39.2. The summed E-state index contributed by atoms with van der Waals surface area (Å²) in [5, 5.41) is 10.2. The number of benzene rings is 1. The predicted molar refractivity (Wildman–Crippen MR) is 215 cm³/mol. The van der Waals surface area contributed by atoms with Gasteiger partial charge in [0.05, 0.1) is 11.4 Å². The van der Waals surface area contributed by atoms with Crippen LogP contribution in [0.15, 0.2) is 6.07 Å². The number of phenols is 1. The van der Waals surface area contributed by atoms with Gasteiger partial charge in [-0.15, -0.1) is 0 Å². The highest BCUT2D eigenvalue weighted by Crippen LogP contribution is 2.54. The number of fused-ring (bicyclic) bond motifs is 1. The van der Waals surface area contributed by atoms with Crippen LogP contribution in [-0.4, -0.2) is 5.11 Å². The Morgan fingerprint density at radius 3 is 1.31 bits per heavy atom. The molecule has 1 aromatic rings. The van der Waals surface area contributed by atoms with Crippen LogP contribution >= 0.6 is 0 Å². The molecule has 0 amide bonds. The standard InChI is InChI=1S/C13H20N2O.S20/c1-12(2)6-13(3,4)9-7(12)5-8(14)10(15)11(9)16;1-3-5-7-9-11-13-15-17-19-20-18-16-14-12-10-8-6-4-2/h5,16H,6,14-15H2,1-4H3;. The summed E-state index contributed by atoms with van der Waals surface area (Å²) in [5.41, 5.74) is 14.5. The van der Waals surface area contributed by atoms with Gasteiger partial charge in [0, 0.05) is 188 Å². The van der Waals surface area contributed by atoms with Crippen LogP contribution in [0.25, 0.3) is 0 Å². The normalized spacial score (nSPS) is 13.3. The Labute approximate surface area is 273 Å². The predicted octanol–water partition coefficient (Wildman–Crippen LogP) is 2.47. The van der Waals surface area contributed by atoms with E-state index in [1.807, 2.05) is 6.07 Å². The highest BCUT2D eigenvalue weighted by atomic mass is 33.5. The smallest absolute Gasteiger partial charge is 0.144 e. The Kier molecular flexibility index (Phi) is 21.4. The molecule has 3 nitrogen and oxygen atoms in total. The zero-order valence-electron chi connectivity index (χ0n) is 18.6. The van der Waals surface area contributed by atoms with Crippen LogP contribution in [0, 0.1) is 0 Å². The lowest BCUT2D eigenvalue weighted by Gasteiger charge is -2.22. The first-order chi connectivity index (χ1) is 17.1. The molecule has 2 rings (SSSR count). The van der Waals surface area contributed by atoms with Crippen molar-refractivity contribution in [2.24, 2.45) is 0 Å². The molecule has 0 heterocycles. The summed E-state index contributed by atoms with van der Waals surface area (Å²) < 4.78 is 0. The largest absolute Gasteiger partial charge is 0.505 e. The zero-order valence-corrected chi connectivity index (χ0v) is 34.9. The average molecular weight is 862 g/mol. The number of anilines is 2. The van der Waals surface area contributed by atoms with Crippen LogP contribution in [0.2, 0.25) is 0 Å². The zero-order chi connectivity index (χ0) is 27.0. The van der Waals surface area contributed by atoms with Gasteiger partial charge in [-0.2, -0.15) is 0 Å².